The van der Waals surface area contributed by atoms with Crippen molar-refractivity contribution in [2.24, 2.45) is 0 Å². The average molecular weight is 385 g/mol. The lowest BCUT2D eigenvalue weighted by Gasteiger charge is -2.29. The molecule has 2 atom stereocenters. The van der Waals surface area contributed by atoms with Crippen molar-refractivity contribution in [3.8, 4) is 0 Å². The highest BCUT2D eigenvalue weighted by molar-refractivity contribution is 7.91. The Morgan fingerprint density at radius 2 is 2.08 bits per heavy atom. The summed E-state index contributed by atoms with van der Waals surface area (Å²) >= 11 is 6.26. The van der Waals surface area contributed by atoms with Gasteiger partial charge in [-0.25, -0.2) is 8.42 Å². The molecule has 1 aromatic carbocycles. The fourth-order valence-corrected chi connectivity index (χ4v) is 5.87. The van der Waals surface area contributed by atoms with Gasteiger partial charge in [0.2, 0.25) is 5.91 Å². The molecule has 0 spiro atoms. The van der Waals surface area contributed by atoms with Crippen molar-refractivity contribution in [1.29, 1.82) is 0 Å². The first-order valence-corrected chi connectivity index (χ1v) is 11.0. The zero-order valence-corrected chi connectivity index (χ0v) is 16.1. The minimum Gasteiger partial charge on any atom is -0.338 e. The summed E-state index contributed by atoms with van der Waals surface area (Å²) in [4.78, 5) is 16.6. The Morgan fingerprint density at radius 3 is 2.76 bits per heavy atom. The molecular formula is C18H25ClN2O3S. The van der Waals surface area contributed by atoms with Crippen LogP contribution in [0.5, 0.6) is 0 Å². The van der Waals surface area contributed by atoms with Crippen LogP contribution in [-0.2, 0) is 21.1 Å². The number of carbonyl (C=O) groups is 1. The van der Waals surface area contributed by atoms with Gasteiger partial charge in [-0.15, -0.1) is 0 Å². The van der Waals surface area contributed by atoms with Gasteiger partial charge in [0, 0.05) is 23.7 Å². The van der Waals surface area contributed by atoms with Crippen LogP contribution < -0.4 is 0 Å². The molecule has 2 saturated heterocycles. The quantitative estimate of drug-likeness (QED) is 0.779. The second-order valence-corrected chi connectivity index (χ2v) is 9.79. The molecule has 2 aliphatic heterocycles. The molecule has 2 fully saturated rings. The van der Waals surface area contributed by atoms with Crippen LogP contribution in [0.3, 0.4) is 0 Å². The van der Waals surface area contributed by atoms with E-state index in [1.165, 1.54) is 0 Å². The highest BCUT2D eigenvalue weighted by Crippen LogP contribution is 2.25. The van der Waals surface area contributed by atoms with Crippen LogP contribution in [0.15, 0.2) is 24.3 Å². The van der Waals surface area contributed by atoms with Crippen molar-refractivity contribution in [2.45, 2.75) is 37.8 Å². The maximum Gasteiger partial charge on any atom is 0.237 e. The van der Waals surface area contributed by atoms with Crippen LogP contribution in [0.4, 0.5) is 0 Å². The summed E-state index contributed by atoms with van der Waals surface area (Å²) in [5, 5.41) is 0.745. The van der Waals surface area contributed by atoms with E-state index >= 15 is 0 Å². The van der Waals surface area contributed by atoms with E-state index < -0.39 is 9.84 Å². The van der Waals surface area contributed by atoms with E-state index in [4.69, 9.17) is 11.6 Å². The van der Waals surface area contributed by atoms with E-state index in [2.05, 4.69) is 0 Å². The van der Waals surface area contributed by atoms with Crippen molar-refractivity contribution in [3.63, 3.8) is 0 Å². The van der Waals surface area contributed by atoms with Gasteiger partial charge >= 0.3 is 0 Å². The van der Waals surface area contributed by atoms with Gasteiger partial charge in [-0.2, -0.15) is 0 Å². The van der Waals surface area contributed by atoms with Crippen molar-refractivity contribution in [1.82, 2.24) is 9.80 Å². The molecule has 0 N–H and O–H groups in total. The van der Waals surface area contributed by atoms with Crippen LogP contribution in [0.2, 0.25) is 5.02 Å². The summed E-state index contributed by atoms with van der Waals surface area (Å²) in [5.74, 6) is 0.482. The monoisotopic (exact) mass is 384 g/mol. The number of hydrogen-bond acceptors (Lipinski definition) is 4. The molecule has 1 aromatic rings. The second-order valence-electron chi connectivity index (χ2n) is 7.15. The van der Waals surface area contributed by atoms with Crippen LogP contribution in [-0.4, -0.2) is 67.9 Å². The molecule has 0 radical (unpaired) electrons. The van der Waals surface area contributed by atoms with Crippen LogP contribution in [0, 0.1) is 0 Å². The Kier molecular flexibility index (Phi) is 5.71. The third-order valence-electron chi connectivity index (χ3n) is 5.33. The zero-order valence-electron chi connectivity index (χ0n) is 14.5. The Balaban J connectivity index is 1.60. The largest absolute Gasteiger partial charge is 0.338 e. The molecule has 0 saturated carbocycles. The molecule has 2 aliphatic rings. The fourth-order valence-electron chi connectivity index (χ4n) is 3.85. The van der Waals surface area contributed by atoms with E-state index in [1.807, 2.05) is 41.1 Å². The summed E-state index contributed by atoms with van der Waals surface area (Å²) < 4.78 is 23.3. The Labute approximate surface area is 154 Å². The van der Waals surface area contributed by atoms with Crippen molar-refractivity contribution < 1.29 is 13.2 Å². The van der Waals surface area contributed by atoms with E-state index in [0.29, 0.717) is 6.42 Å². The highest BCUT2D eigenvalue weighted by atomic mass is 35.5. The van der Waals surface area contributed by atoms with Gasteiger partial charge in [-0.1, -0.05) is 29.8 Å². The molecule has 0 aromatic heterocycles. The average Bonchev–Trinajstić information content (AvgIpc) is 3.15. The molecule has 7 heteroatoms. The Hall–Kier alpha value is -1.11. The molecular weight excluding hydrogens is 360 g/mol. The molecule has 138 valence electrons. The van der Waals surface area contributed by atoms with Gasteiger partial charge < -0.3 is 4.90 Å². The van der Waals surface area contributed by atoms with E-state index in [9.17, 15) is 13.2 Å². The number of halogens is 1. The predicted molar refractivity (Wildman–Crippen MR) is 99.6 cm³/mol. The normalized spacial score (nSPS) is 25.6. The summed E-state index contributed by atoms with van der Waals surface area (Å²) in [5.41, 5.74) is 1.07. The van der Waals surface area contributed by atoms with Crippen molar-refractivity contribution in [2.75, 3.05) is 31.6 Å². The van der Waals surface area contributed by atoms with E-state index in [0.717, 1.165) is 36.4 Å². The second kappa shape index (κ2) is 7.64. The first-order valence-electron chi connectivity index (χ1n) is 8.79. The Bertz CT molecular complexity index is 738. The molecule has 5 nitrogen and oxygen atoms in total. The summed E-state index contributed by atoms with van der Waals surface area (Å²) in [6.45, 7) is 1.05. The lowest BCUT2D eigenvalue weighted by Crippen LogP contribution is -2.45. The lowest BCUT2D eigenvalue weighted by molar-refractivity contribution is -0.133. The van der Waals surface area contributed by atoms with E-state index in [1.54, 1.807) is 0 Å². The number of benzene rings is 1. The SMILES string of the molecule is CN(CC(=O)N1CCCC1Cc1ccccc1Cl)C1CCS(=O)(=O)C1. The van der Waals surface area contributed by atoms with Gasteiger partial charge in [0.15, 0.2) is 9.84 Å². The zero-order chi connectivity index (χ0) is 18.0. The number of likely N-dealkylation sites (tertiary alicyclic amines) is 1. The number of amides is 1. The number of rotatable bonds is 5. The molecule has 0 bridgehead atoms. The van der Waals surface area contributed by atoms with E-state index in [-0.39, 0.29) is 36.0 Å². The minimum atomic E-state index is -2.93. The predicted octanol–water partition coefficient (Wildman–Crippen LogP) is 1.99. The summed E-state index contributed by atoms with van der Waals surface area (Å²) in [6, 6.07) is 7.90. The lowest BCUT2D eigenvalue weighted by atomic mass is 10.0. The van der Waals surface area contributed by atoms with Crippen molar-refractivity contribution >= 4 is 27.3 Å². The number of sulfone groups is 1. The minimum absolute atomic E-state index is 0.0430. The van der Waals surface area contributed by atoms with Gasteiger partial charge in [0.25, 0.3) is 0 Å². The van der Waals surface area contributed by atoms with Gasteiger partial charge in [0.05, 0.1) is 18.1 Å². The standard InChI is InChI=1S/C18H25ClN2O3S/c1-20(16-8-10-25(23,24)13-16)12-18(22)21-9-4-6-15(21)11-14-5-2-3-7-17(14)19/h2-3,5,7,15-16H,4,6,8-13H2,1H3. The molecule has 2 unspecified atom stereocenters. The van der Waals surface area contributed by atoms with Crippen LogP contribution >= 0.6 is 11.6 Å². The summed E-state index contributed by atoms with van der Waals surface area (Å²) in [7, 11) is -1.08. The third-order valence-corrected chi connectivity index (χ3v) is 7.45. The van der Waals surface area contributed by atoms with Crippen LogP contribution in [0.25, 0.3) is 0 Å². The molecule has 2 heterocycles. The third kappa shape index (κ3) is 4.54. The maximum atomic E-state index is 12.8. The van der Waals surface area contributed by atoms with Gasteiger partial charge in [-0.3, -0.25) is 9.69 Å². The molecule has 0 aliphatic carbocycles. The van der Waals surface area contributed by atoms with Gasteiger partial charge in [-0.05, 0) is 44.4 Å². The Morgan fingerprint density at radius 1 is 1.32 bits per heavy atom. The van der Waals surface area contributed by atoms with Crippen molar-refractivity contribution in [3.05, 3.63) is 34.9 Å². The maximum absolute atomic E-state index is 12.8. The number of likely N-dealkylation sites (N-methyl/N-ethyl adjacent to an activating group) is 1. The number of nitrogens with zero attached hydrogens (tertiary/aromatic N) is 2. The van der Waals surface area contributed by atoms with Gasteiger partial charge in [0.1, 0.15) is 0 Å². The number of hydrogen-bond donors (Lipinski definition) is 0. The topological polar surface area (TPSA) is 57.7 Å². The smallest absolute Gasteiger partial charge is 0.237 e. The molecule has 1 amide bonds. The first-order chi connectivity index (χ1) is 11.9. The van der Waals surface area contributed by atoms with Crippen LogP contribution in [0.1, 0.15) is 24.8 Å². The first kappa shape index (κ1) is 18.7. The number of carbonyl (C=O) groups excluding carboxylic acids is 1. The fraction of sp³-hybridized carbons (Fsp3) is 0.611. The molecule has 25 heavy (non-hydrogen) atoms. The molecule has 3 rings (SSSR count). The highest BCUT2D eigenvalue weighted by Gasteiger charge is 2.34. The summed E-state index contributed by atoms with van der Waals surface area (Å²) in [6.07, 6.45) is 3.38.